The molecule has 2 heterocycles. The Labute approximate surface area is 129 Å². The Hall–Kier alpha value is -2.76. The van der Waals surface area contributed by atoms with E-state index < -0.39 is 11.8 Å². The molecule has 2 aromatic rings. The molecule has 0 saturated carbocycles. The number of nitrogens with zero attached hydrogens (tertiary/aromatic N) is 2. The largest absolute Gasteiger partial charge is 0.288 e. The molecule has 2 amide bonds. The summed E-state index contributed by atoms with van der Waals surface area (Å²) in [4.78, 5) is 32.1. The monoisotopic (exact) mass is 298 g/mol. The smallest absolute Gasteiger partial charge is 0.267 e. The van der Waals surface area contributed by atoms with Crippen LogP contribution in [0.3, 0.4) is 0 Å². The van der Waals surface area contributed by atoms with Gasteiger partial charge in [0.1, 0.15) is 5.69 Å². The Morgan fingerprint density at radius 2 is 1.68 bits per heavy atom. The van der Waals surface area contributed by atoms with Crippen LogP contribution in [0.5, 0.6) is 0 Å². The molecule has 0 fully saturated rings. The maximum Gasteiger partial charge on any atom is 0.288 e. The van der Waals surface area contributed by atoms with Crippen LogP contribution in [0.2, 0.25) is 0 Å². The first-order chi connectivity index (χ1) is 10.4. The maximum atomic E-state index is 12.1. The van der Waals surface area contributed by atoms with Crippen LogP contribution in [-0.4, -0.2) is 21.8 Å². The highest BCUT2D eigenvalue weighted by atomic mass is 16.2. The molecule has 0 aliphatic carbocycles. The summed E-state index contributed by atoms with van der Waals surface area (Å²) in [6.07, 6.45) is 3.09. The zero-order valence-corrected chi connectivity index (χ0v) is 12.8. The van der Waals surface area contributed by atoms with Gasteiger partial charge in [-0.15, -0.1) is 0 Å². The molecule has 0 atom stereocenters. The van der Waals surface area contributed by atoms with Crippen molar-refractivity contribution >= 4 is 11.8 Å². The van der Waals surface area contributed by atoms with Gasteiger partial charge < -0.3 is 0 Å². The Morgan fingerprint density at radius 3 is 2.32 bits per heavy atom. The van der Waals surface area contributed by atoms with Crippen molar-refractivity contribution in [2.24, 2.45) is 0 Å². The van der Waals surface area contributed by atoms with Gasteiger partial charge in [-0.05, 0) is 24.3 Å². The van der Waals surface area contributed by atoms with Gasteiger partial charge in [-0.25, -0.2) is 0 Å². The molecule has 0 aromatic carbocycles. The van der Waals surface area contributed by atoms with Crippen LogP contribution < -0.4 is 10.9 Å². The van der Waals surface area contributed by atoms with E-state index in [9.17, 15) is 9.59 Å². The van der Waals surface area contributed by atoms with E-state index in [1.165, 1.54) is 6.20 Å². The molecular formula is C16H18N4O2. The van der Waals surface area contributed by atoms with Crippen molar-refractivity contribution < 1.29 is 9.59 Å². The Bertz CT molecular complexity index is 678. The number of hydrogen-bond acceptors (Lipinski definition) is 4. The van der Waals surface area contributed by atoms with Crippen LogP contribution >= 0.6 is 0 Å². The molecule has 0 radical (unpaired) electrons. The van der Waals surface area contributed by atoms with E-state index in [-0.39, 0.29) is 11.1 Å². The van der Waals surface area contributed by atoms with Crippen LogP contribution in [0.1, 0.15) is 47.3 Å². The Kier molecular flexibility index (Phi) is 4.50. The van der Waals surface area contributed by atoms with Crippen molar-refractivity contribution in [3.05, 3.63) is 59.7 Å². The van der Waals surface area contributed by atoms with E-state index in [1.54, 1.807) is 36.5 Å². The van der Waals surface area contributed by atoms with Gasteiger partial charge in [-0.3, -0.25) is 30.4 Å². The highest BCUT2D eigenvalue weighted by Gasteiger charge is 2.17. The van der Waals surface area contributed by atoms with Crippen molar-refractivity contribution in [3.63, 3.8) is 0 Å². The van der Waals surface area contributed by atoms with Crippen LogP contribution in [0.15, 0.2) is 42.7 Å². The second-order valence-electron chi connectivity index (χ2n) is 5.80. The number of pyridine rings is 2. The number of rotatable bonds is 2. The number of hydrazine groups is 1. The minimum atomic E-state index is -0.473. The molecule has 6 nitrogen and oxygen atoms in total. The molecule has 2 N–H and O–H groups in total. The standard InChI is InChI=1S/C16H18N4O2/c1-16(2,3)13-10-11(7-9-18-13)14(21)19-20-15(22)12-6-4-5-8-17-12/h4-10H,1-3H3,(H,19,21)(H,20,22). The summed E-state index contributed by atoms with van der Waals surface area (Å²) in [6.45, 7) is 6.04. The predicted octanol–water partition coefficient (Wildman–Crippen LogP) is 1.85. The predicted molar refractivity (Wildman–Crippen MR) is 82.1 cm³/mol. The van der Waals surface area contributed by atoms with Gasteiger partial charge >= 0.3 is 0 Å². The second kappa shape index (κ2) is 6.34. The topological polar surface area (TPSA) is 84.0 Å². The maximum absolute atomic E-state index is 12.1. The van der Waals surface area contributed by atoms with Crippen LogP contribution in [-0.2, 0) is 5.41 Å². The average Bonchev–Trinajstić information content (AvgIpc) is 2.52. The van der Waals surface area contributed by atoms with Crippen molar-refractivity contribution in [2.75, 3.05) is 0 Å². The van der Waals surface area contributed by atoms with E-state index in [2.05, 4.69) is 20.8 Å². The number of hydrogen-bond donors (Lipinski definition) is 2. The third-order valence-corrected chi connectivity index (χ3v) is 2.98. The van der Waals surface area contributed by atoms with Gasteiger partial charge in [0.05, 0.1) is 0 Å². The Morgan fingerprint density at radius 1 is 0.955 bits per heavy atom. The van der Waals surface area contributed by atoms with Crippen LogP contribution in [0, 0.1) is 0 Å². The summed E-state index contributed by atoms with van der Waals surface area (Å²) in [7, 11) is 0. The van der Waals surface area contributed by atoms with Gasteiger partial charge in [-0.2, -0.15) is 0 Å². The minimum Gasteiger partial charge on any atom is -0.267 e. The molecule has 6 heteroatoms. The van der Waals surface area contributed by atoms with Crippen molar-refractivity contribution in [3.8, 4) is 0 Å². The lowest BCUT2D eigenvalue weighted by molar-refractivity contribution is 0.0844. The number of aromatic nitrogens is 2. The van der Waals surface area contributed by atoms with Crippen molar-refractivity contribution in [1.82, 2.24) is 20.8 Å². The van der Waals surface area contributed by atoms with Gasteiger partial charge in [0.15, 0.2) is 0 Å². The van der Waals surface area contributed by atoms with E-state index in [4.69, 9.17) is 0 Å². The first-order valence-electron chi connectivity index (χ1n) is 6.86. The van der Waals surface area contributed by atoms with Crippen LogP contribution in [0.4, 0.5) is 0 Å². The molecule has 0 aliphatic heterocycles. The lowest BCUT2D eigenvalue weighted by Crippen LogP contribution is -2.42. The number of amides is 2. The fourth-order valence-electron chi connectivity index (χ4n) is 1.73. The van der Waals surface area contributed by atoms with E-state index in [1.807, 2.05) is 20.8 Å². The Balaban J connectivity index is 2.03. The lowest BCUT2D eigenvalue weighted by atomic mass is 9.91. The first-order valence-corrected chi connectivity index (χ1v) is 6.86. The number of nitrogens with one attached hydrogen (secondary N) is 2. The fourth-order valence-corrected chi connectivity index (χ4v) is 1.73. The quantitative estimate of drug-likeness (QED) is 0.829. The average molecular weight is 298 g/mol. The molecule has 2 rings (SSSR count). The van der Waals surface area contributed by atoms with Crippen molar-refractivity contribution in [1.29, 1.82) is 0 Å². The summed E-state index contributed by atoms with van der Waals surface area (Å²) < 4.78 is 0. The van der Waals surface area contributed by atoms with Gasteiger partial charge in [0.25, 0.3) is 11.8 Å². The third-order valence-electron chi connectivity index (χ3n) is 2.98. The van der Waals surface area contributed by atoms with Gasteiger partial charge in [0, 0.05) is 29.1 Å². The molecule has 0 spiro atoms. The van der Waals surface area contributed by atoms with Gasteiger partial charge in [-0.1, -0.05) is 26.8 Å². The fraction of sp³-hybridized carbons (Fsp3) is 0.250. The zero-order valence-electron chi connectivity index (χ0n) is 12.8. The van der Waals surface area contributed by atoms with E-state index in [0.717, 1.165) is 5.69 Å². The summed E-state index contributed by atoms with van der Waals surface area (Å²) in [5.74, 6) is -0.878. The second-order valence-corrected chi connectivity index (χ2v) is 5.80. The zero-order chi connectivity index (χ0) is 16.2. The summed E-state index contributed by atoms with van der Waals surface area (Å²) in [5, 5.41) is 0. The molecule has 0 saturated heterocycles. The molecule has 2 aromatic heterocycles. The minimum absolute atomic E-state index is 0.159. The molecule has 114 valence electrons. The molecule has 0 aliphatic rings. The third kappa shape index (κ3) is 3.88. The molecule has 0 unspecified atom stereocenters. The van der Waals surface area contributed by atoms with Gasteiger partial charge in [0.2, 0.25) is 0 Å². The summed E-state index contributed by atoms with van der Waals surface area (Å²) in [5.41, 5.74) is 6.01. The number of carbonyl (C=O) groups excluding carboxylic acids is 2. The van der Waals surface area contributed by atoms with E-state index in [0.29, 0.717) is 5.56 Å². The summed E-state index contributed by atoms with van der Waals surface area (Å²) in [6, 6.07) is 8.27. The normalized spacial score (nSPS) is 10.9. The molecule has 0 bridgehead atoms. The highest BCUT2D eigenvalue weighted by Crippen LogP contribution is 2.20. The first kappa shape index (κ1) is 15.6. The lowest BCUT2D eigenvalue weighted by Gasteiger charge is -2.18. The van der Waals surface area contributed by atoms with E-state index >= 15 is 0 Å². The number of carbonyl (C=O) groups is 2. The molecule has 22 heavy (non-hydrogen) atoms. The summed E-state index contributed by atoms with van der Waals surface area (Å²) >= 11 is 0. The van der Waals surface area contributed by atoms with Crippen LogP contribution in [0.25, 0.3) is 0 Å². The van der Waals surface area contributed by atoms with Crippen molar-refractivity contribution in [2.45, 2.75) is 26.2 Å². The molecular weight excluding hydrogens is 280 g/mol. The SMILES string of the molecule is CC(C)(C)c1cc(C(=O)NNC(=O)c2ccccn2)ccn1. The highest BCUT2D eigenvalue weighted by molar-refractivity contribution is 5.98.